The summed E-state index contributed by atoms with van der Waals surface area (Å²) < 4.78 is 5.20. The number of thioether (sulfide) groups is 1. The zero-order valence-electron chi connectivity index (χ0n) is 8.19. The molecule has 0 unspecified atom stereocenters. The van der Waals surface area contributed by atoms with Gasteiger partial charge in [0, 0.05) is 6.54 Å². The molecule has 7 heteroatoms. The fraction of sp³-hybridized carbons (Fsp3) is 1.00. The quantitative estimate of drug-likeness (QED) is 0.367. The molecule has 0 aromatic carbocycles. The molecule has 0 aliphatic carbocycles. The van der Waals surface area contributed by atoms with Crippen molar-refractivity contribution in [2.75, 3.05) is 19.8 Å². The molecular formula is C8H17NO5S. The maximum Gasteiger partial charge on any atom is 0.132 e. The van der Waals surface area contributed by atoms with E-state index in [-0.39, 0.29) is 13.2 Å². The van der Waals surface area contributed by atoms with E-state index >= 15 is 0 Å². The van der Waals surface area contributed by atoms with Crippen molar-refractivity contribution < 1.29 is 25.2 Å². The topological polar surface area (TPSA) is 116 Å². The van der Waals surface area contributed by atoms with Gasteiger partial charge in [-0.1, -0.05) is 0 Å². The molecule has 6 nitrogen and oxygen atoms in total. The SMILES string of the molecule is NCCO[C@H]1S[C@H](CO)[C@@H](O)[C@H](O)[C@@H]1O. The molecule has 1 heterocycles. The van der Waals surface area contributed by atoms with E-state index in [1.807, 2.05) is 0 Å². The first kappa shape index (κ1) is 13.2. The van der Waals surface area contributed by atoms with Gasteiger partial charge in [-0.25, -0.2) is 0 Å². The number of rotatable bonds is 4. The minimum Gasteiger partial charge on any atom is -0.395 e. The third kappa shape index (κ3) is 3.04. The Kier molecular flexibility index (Phi) is 5.27. The van der Waals surface area contributed by atoms with E-state index in [0.29, 0.717) is 6.54 Å². The van der Waals surface area contributed by atoms with Gasteiger partial charge in [0.2, 0.25) is 0 Å². The van der Waals surface area contributed by atoms with E-state index < -0.39 is 29.0 Å². The highest BCUT2D eigenvalue weighted by atomic mass is 32.2. The van der Waals surface area contributed by atoms with Crippen LogP contribution in [0.15, 0.2) is 0 Å². The Morgan fingerprint density at radius 2 is 1.80 bits per heavy atom. The van der Waals surface area contributed by atoms with E-state index in [9.17, 15) is 15.3 Å². The molecule has 1 aliphatic rings. The van der Waals surface area contributed by atoms with Gasteiger partial charge in [0.15, 0.2) is 0 Å². The van der Waals surface area contributed by atoms with Crippen LogP contribution < -0.4 is 5.73 Å². The molecule has 90 valence electrons. The van der Waals surface area contributed by atoms with Crippen LogP contribution in [0, 0.1) is 0 Å². The highest BCUT2D eigenvalue weighted by Crippen LogP contribution is 2.33. The van der Waals surface area contributed by atoms with Gasteiger partial charge < -0.3 is 30.9 Å². The van der Waals surface area contributed by atoms with Crippen LogP contribution in [0.2, 0.25) is 0 Å². The second-order valence-electron chi connectivity index (χ2n) is 3.36. The van der Waals surface area contributed by atoms with E-state index in [1.165, 1.54) is 0 Å². The van der Waals surface area contributed by atoms with Crippen LogP contribution in [0.25, 0.3) is 0 Å². The van der Waals surface area contributed by atoms with E-state index in [1.54, 1.807) is 0 Å². The van der Waals surface area contributed by atoms with Crippen molar-refractivity contribution in [3.8, 4) is 0 Å². The molecule has 1 saturated heterocycles. The Labute approximate surface area is 92.0 Å². The Balaban J connectivity index is 2.57. The van der Waals surface area contributed by atoms with Crippen LogP contribution in [-0.4, -0.2) is 69.2 Å². The molecule has 5 atom stereocenters. The number of hydrogen-bond acceptors (Lipinski definition) is 7. The van der Waals surface area contributed by atoms with Crippen molar-refractivity contribution in [3.63, 3.8) is 0 Å². The lowest BCUT2D eigenvalue weighted by atomic mass is 10.0. The third-order valence-corrected chi connectivity index (χ3v) is 3.71. The average molecular weight is 239 g/mol. The third-order valence-electron chi connectivity index (χ3n) is 2.25. The van der Waals surface area contributed by atoms with Crippen molar-refractivity contribution in [1.82, 2.24) is 0 Å². The minimum absolute atomic E-state index is 0.260. The minimum atomic E-state index is -1.30. The molecule has 0 amide bonds. The average Bonchev–Trinajstić information content (AvgIpc) is 2.25. The second kappa shape index (κ2) is 6.00. The summed E-state index contributed by atoms with van der Waals surface area (Å²) in [4.78, 5) is 0. The lowest BCUT2D eigenvalue weighted by Crippen LogP contribution is -2.54. The summed E-state index contributed by atoms with van der Waals surface area (Å²) in [5.41, 5.74) is 4.58. The summed E-state index contributed by atoms with van der Waals surface area (Å²) in [5, 5.41) is 36.9. The first-order valence-electron chi connectivity index (χ1n) is 4.74. The van der Waals surface area contributed by atoms with Crippen LogP contribution in [0.4, 0.5) is 0 Å². The van der Waals surface area contributed by atoms with Gasteiger partial charge in [-0.3, -0.25) is 0 Å². The Hall–Kier alpha value is 0.110. The maximum absolute atomic E-state index is 9.57. The van der Waals surface area contributed by atoms with Gasteiger partial charge in [-0.05, 0) is 0 Å². The maximum atomic E-state index is 9.57. The van der Waals surface area contributed by atoms with Crippen molar-refractivity contribution in [1.29, 1.82) is 0 Å². The predicted molar refractivity (Wildman–Crippen MR) is 55.3 cm³/mol. The van der Waals surface area contributed by atoms with Crippen LogP contribution >= 0.6 is 11.8 Å². The molecule has 1 aliphatic heterocycles. The van der Waals surface area contributed by atoms with Crippen LogP contribution in [0.3, 0.4) is 0 Å². The van der Waals surface area contributed by atoms with Gasteiger partial charge in [-0.2, -0.15) is 0 Å². The summed E-state index contributed by atoms with van der Waals surface area (Å²) >= 11 is 1.10. The summed E-state index contributed by atoms with van der Waals surface area (Å²) in [7, 11) is 0. The fourth-order valence-electron chi connectivity index (χ4n) is 1.39. The monoisotopic (exact) mass is 239 g/mol. The molecule has 1 fully saturated rings. The molecule has 0 aromatic rings. The summed E-state index contributed by atoms with van der Waals surface area (Å²) in [5.74, 6) is 0. The lowest BCUT2D eigenvalue weighted by Gasteiger charge is -2.38. The van der Waals surface area contributed by atoms with E-state index in [4.69, 9.17) is 15.6 Å². The molecule has 0 radical (unpaired) electrons. The van der Waals surface area contributed by atoms with Crippen molar-refractivity contribution in [2.45, 2.75) is 29.0 Å². The molecule has 6 N–H and O–H groups in total. The Morgan fingerprint density at radius 3 is 2.33 bits per heavy atom. The summed E-state index contributed by atoms with van der Waals surface area (Å²) in [6.45, 7) is 0.292. The normalized spacial score (nSPS) is 41.8. The fourth-order valence-corrected chi connectivity index (χ4v) is 2.64. The van der Waals surface area contributed by atoms with Gasteiger partial charge in [0.05, 0.1) is 24.6 Å². The Bertz CT molecular complexity index is 194. The van der Waals surface area contributed by atoms with Gasteiger partial charge in [0.1, 0.15) is 17.6 Å². The highest BCUT2D eigenvalue weighted by molar-refractivity contribution is 8.00. The molecule has 0 saturated carbocycles. The molecule has 0 spiro atoms. The van der Waals surface area contributed by atoms with E-state index in [0.717, 1.165) is 11.8 Å². The smallest absolute Gasteiger partial charge is 0.132 e. The number of nitrogens with two attached hydrogens (primary N) is 1. The first-order valence-corrected chi connectivity index (χ1v) is 5.68. The Morgan fingerprint density at radius 1 is 1.13 bits per heavy atom. The molecule has 1 rings (SSSR count). The summed E-state index contributed by atoms with van der Waals surface area (Å²) in [6.07, 6.45) is -3.61. The first-order chi connectivity index (χ1) is 7.11. The van der Waals surface area contributed by atoms with Crippen LogP contribution in [0.1, 0.15) is 0 Å². The van der Waals surface area contributed by atoms with Gasteiger partial charge in [-0.15, -0.1) is 11.8 Å². The standard InChI is InChI=1S/C8H17NO5S/c9-1-2-14-8-7(13)6(12)5(11)4(3-10)15-8/h4-8,10-13H,1-3,9H2/t4-,5-,6+,7+,8+/m1/s1. The zero-order valence-corrected chi connectivity index (χ0v) is 9.01. The second-order valence-corrected chi connectivity index (χ2v) is 4.70. The number of ether oxygens (including phenoxy) is 1. The molecule has 0 aromatic heterocycles. The zero-order chi connectivity index (χ0) is 11.4. The molecule has 0 bridgehead atoms. The van der Waals surface area contributed by atoms with Crippen molar-refractivity contribution in [3.05, 3.63) is 0 Å². The van der Waals surface area contributed by atoms with E-state index in [2.05, 4.69) is 0 Å². The van der Waals surface area contributed by atoms with Gasteiger partial charge >= 0.3 is 0 Å². The predicted octanol–water partition coefficient (Wildman–Crippen LogP) is -2.52. The van der Waals surface area contributed by atoms with Gasteiger partial charge in [0.25, 0.3) is 0 Å². The number of aliphatic hydroxyl groups is 4. The summed E-state index contributed by atoms with van der Waals surface area (Å²) in [6, 6.07) is 0. The van der Waals surface area contributed by atoms with Crippen LogP contribution in [0.5, 0.6) is 0 Å². The molecular weight excluding hydrogens is 222 g/mol. The van der Waals surface area contributed by atoms with Crippen LogP contribution in [-0.2, 0) is 4.74 Å². The number of hydrogen-bond donors (Lipinski definition) is 5. The largest absolute Gasteiger partial charge is 0.395 e. The highest BCUT2D eigenvalue weighted by Gasteiger charge is 2.43. The van der Waals surface area contributed by atoms with Crippen molar-refractivity contribution in [2.24, 2.45) is 5.73 Å². The number of aliphatic hydroxyl groups excluding tert-OH is 4. The lowest BCUT2D eigenvalue weighted by molar-refractivity contribution is -0.108. The molecule has 15 heavy (non-hydrogen) atoms. The van der Waals surface area contributed by atoms with Crippen molar-refractivity contribution >= 4 is 11.8 Å².